The van der Waals surface area contributed by atoms with Crippen LogP contribution in [0.4, 0.5) is 5.95 Å². The minimum atomic E-state index is 0.314. The largest absolute Gasteiger partial charge is 0.493 e. The van der Waals surface area contributed by atoms with Gasteiger partial charge < -0.3 is 14.8 Å². The molecule has 9 heteroatoms. The van der Waals surface area contributed by atoms with E-state index in [4.69, 9.17) is 32.7 Å². The first-order valence-corrected chi connectivity index (χ1v) is 8.52. The predicted octanol–water partition coefficient (Wildman–Crippen LogP) is 3.72. The van der Waals surface area contributed by atoms with E-state index in [1.807, 2.05) is 24.3 Å². The van der Waals surface area contributed by atoms with E-state index in [2.05, 4.69) is 20.8 Å². The van der Waals surface area contributed by atoms with Crippen LogP contribution in [-0.2, 0) is 20.2 Å². The highest BCUT2D eigenvalue weighted by atomic mass is 35.5. The average Bonchev–Trinajstić information content (AvgIpc) is 3.04. The SMILES string of the molecule is COc1cc(CNc2nnnn2C)ccc1OCc1ccc(Cl)cc1Cl. The fraction of sp³-hybridized carbons (Fsp3) is 0.235. The van der Waals surface area contributed by atoms with E-state index in [0.29, 0.717) is 40.6 Å². The van der Waals surface area contributed by atoms with Crippen LogP contribution in [0.5, 0.6) is 11.5 Å². The lowest BCUT2D eigenvalue weighted by atomic mass is 10.2. The number of benzene rings is 2. The van der Waals surface area contributed by atoms with Crippen LogP contribution in [0, 0.1) is 0 Å². The van der Waals surface area contributed by atoms with Crippen molar-refractivity contribution in [1.29, 1.82) is 0 Å². The summed E-state index contributed by atoms with van der Waals surface area (Å²) in [7, 11) is 3.36. The van der Waals surface area contributed by atoms with E-state index >= 15 is 0 Å². The second-order valence-electron chi connectivity index (χ2n) is 5.49. The topological polar surface area (TPSA) is 74.1 Å². The van der Waals surface area contributed by atoms with Gasteiger partial charge in [-0.05, 0) is 40.3 Å². The molecule has 136 valence electrons. The number of aromatic nitrogens is 4. The van der Waals surface area contributed by atoms with Gasteiger partial charge in [0.05, 0.1) is 7.11 Å². The molecule has 7 nitrogen and oxygen atoms in total. The molecule has 0 fully saturated rings. The van der Waals surface area contributed by atoms with Crippen LogP contribution in [-0.4, -0.2) is 27.3 Å². The molecule has 0 aliphatic heterocycles. The highest BCUT2D eigenvalue weighted by molar-refractivity contribution is 6.35. The number of nitrogens with one attached hydrogen (secondary N) is 1. The Bertz CT molecular complexity index is 901. The van der Waals surface area contributed by atoms with Gasteiger partial charge in [0, 0.05) is 29.2 Å². The molecular formula is C17H17Cl2N5O2. The number of rotatable bonds is 7. The van der Waals surface area contributed by atoms with Crippen molar-refractivity contribution in [3.05, 3.63) is 57.6 Å². The normalized spacial score (nSPS) is 10.6. The number of ether oxygens (including phenoxy) is 2. The molecule has 0 unspecified atom stereocenters. The molecule has 1 aromatic heterocycles. The van der Waals surface area contributed by atoms with Gasteiger partial charge in [-0.1, -0.05) is 40.4 Å². The van der Waals surface area contributed by atoms with Gasteiger partial charge >= 0.3 is 0 Å². The van der Waals surface area contributed by atoms with Gasteiger partial charge in [0.1, 0.15) is 6.61 Å². The van der Waals surface area contributed by atoms with Crippen LogP contribution in [0.25, 0.3) is 0 Å². The number of hydrogen-bond donors (Lipinski definition) is 1. The minimum Gasteiger partial charge on any atom is -0.493 e. The standard InChI is InChI=1S/C17H17Cl2N5O2/c1-24-17(21-22-23-24)20-9-11-3-6-15(16(7-11)25-2)26-10-12-4-5-13(18)8-14(12)19/h3-8H,9-10H2,1-2H3,(H,20,21,23). The lowest BCUT2D eigenvalue weighted by Gasteiger charge is -2.13. The molecule has 0 spiro atoms. The van der Waals surface area contributed by atoms with Gasteiger partial charge in [-0.25, -0.2) is 4.68 Å². The van der Waals surface area contributed by atoms with Gasteiger partial charge in [0.15, 0.2) is 11.5 Å². The fourth-order valence-corrected chi connectivity index (χ4v) is 2.76. The molecule has 2 aromatic carbocycles. The zero-order valence-corrected chi connectivity index (χ0v) is 15.8. The number of anilines is 1. The quantitative estimate of drug-likeness (QED) is 0.659. The maximum Gasteiger partial charge on any atom is 0.242 e. The van der Waals surface area contributed by atoms with Gasteiger partial charge in [0.25, 0.3) is 0 Å². The summed E-state index contributed by atoms with van der Waals surface area (Å²) < 4.78 is 12.8. The summed E-state index contributed by atoms with van der Waals surface area (Å²) in [6.07, 6.45) is 0. The van der Waals surface area contributed by atoms with Crippen molar-refractivity contribution in [1.82, 2.24) is 20.2 Å². The third-order valence-corrected chi connectivity index (χ3v) is 4.28. The Kier molecular flexibility index (Phi) is 5.80. The average molecular weight is 394 g/mol. The Morgan fingerprint density at radius 2 is 1.96 bits per heavy atom. The van der Waals surface area contributed by atoms with E-state index in [1.165, 1.54) is 0 Å². The number of halogens is 2. The number of methoxy groups -OCH3 is 1. The first kappa shape index (κ1) is 18.3. The smallest absolute Gasteiger partial charge is 0.242 e. The van der Waals surface area contributed by atoms with Crippen molar-refractivity contribution in [2.75, 3.05) is 12.4 Å². The number of aryl methyl sites for hydroxylation is 1. The Labute approximate surface area is 160 Å². The van der Waals surface area contributed by atoms with Crippen LogP contribution in [0.2, 0.25) is 10.0 Å². The van der Waals surface area contributed by atoms with E-state index in [-0.39, 0.29) is 0 Å². The summed E-state index contributed by atoms with van der Waals surface area (Å²) in [5, 5.41) is 15.5. The first-order valence-electron chi connectivity index (χ1n) is 7.76. The van der Waals surface area contributed by atoms with Crippen molar-refractivity contribution in [2.45, 2.75) is 13.2 Å². The Morgan fingerprint density at radius 1 is 1.12 bits per heavy atom. The van der Waals surface area contributed by atoms with Crippen molar-refractivity contribution < 1.29 is 9.47 Å². The molecule has 0 saturated heterocycles. The van der Waals surface area contributed by atoms with Crippen molar-refractivity contribution >= 4 is 29.2 Å². The molecule has 3 aromatic rings. The molecule has 0 saturated carbocycles. The zero-order valence-electron chi connectivity index (χ0n) is 14.2. The molecule has 0 amide bonds. The maximum absolute atomic E-state index is 6.18. The van der Waals surface area contributed by atoms with Crippen molar-refractivity contribution in [3.8, 4) is 11.5 Å². The summed E-state index contributed by atoms with van der Waals surface area (Å²) in [5.41, 5.74) is 1.85. The molecule has 1 N–H and O–H groups in total. The predicted molar refractivity (Wildman–Crippen MR) is 99.9 cm³/mol. The van der Waals surface area contributed by atoms with Gasteiger partial charge in [-0.3, -0.25) is 0 Å². The molecule has 0 bridgehead atoms. The van der Waals surface area contributed by atoms with Crippen LogP contribution in [0.3, 0.4) is 0 Å². The third-order valence-electron chi connectivity index (χ3n) is 3.70. The minimum absolute atomic E-state index is 0.314. The highest BCUT2D eigenvalue weighted by Crippen LogP contribution is 2.30. The summed E-state index contributed by atoms with van der Waals surface area (Å²) >= 11 is 12.1. The van der Waals surface area contributed by atoms with Crippen LogP contribution < -0.4 is 14.8 Å². The van der Waals surface area contributed by atoms with Gasteiger partial charge in [0.2, 0.25) is 5.95 Å². The fourth-order valence-electron chi connectivity index (χ4n) is 2.30. The summed E-state index contributed by atoms with van der Waals surface area (Å²) in [5.74, 6) is 1.84. The van der Waals surface area contributed by atoms with Gasteiger partial charge in [-0.2, -0.15) is 0 Å². The van der Waals surface area contributed by atoms with Crippen LogP contribution in [0.15, 0.2) is 36.4 Å². The Hall–Kier alpha value is -2.51. The maximum atomic E-state index is 6.18. The van der Waals surface area contributed by atoms with Crippen molar-refractivity contribution in [3.63, 3.8) is 0 Å². The second kappa shape index (κ2) is 8.25. The van der Waals surface area contributed by atoms with E-state index in [1.54, 1.807) is 31.0 Å². The van der Waals surface area contributed by atoms with E-state index in [9.17, 15) is 0 Å². The first-order chi connectivity index (χ1) is 12.6. The molecule has 0 aliphatic carbocycles. The Balaban J connectivity index is 1.67. The number of hydrogen-bond acceptors (Lipinski definition) is 6. The molecular weight excluding hydrogens is 377 g/mol. The van der Waals surface area contributed by atoms with E-state index < -0.39 is 0 Å². The molecule has 0 radical (unpaired) electrons. The lowest BCUT2D eigenvalue weighted by molar-refractivity contribution is 0.284. The molecule has 3 rings (SSSR count). The zero-order chi connectivity index (χ0) is 18.5. The molecule has 1 heterocycles. The molecule has 0 aliphatic rings. The summed E-state index contributed by atoms with van der Waals surface area (Å²) in [6.45, 7) is 0.864. The highest BCUT2D eigenvalue weighted by Gasteiger charge is 2.09. The molecule has 26 heavy (non-hydrogen) atoms. The van der Waals surface area contributed by atoms with E-state index in [0.717, 1.165) is 11.1 Å². The lowest BCUT2D eigenvalue weighted by Crippen LogP contribution is -2.06. The van der Waals surface area contributed by atoms with Crippen LogP contribution >= 0.6 is 23.2 Å². The second-order valence-corrected chi connectivity index (χ2v) is 6.33. The number of tetrazole rings is 1. The summed E-state index contributed by atoms with van der Waals surface area (Å²) in [4.78, 5) is 0. The third kappa shape index (κ3) is 4.36. The Morgan fingerprint density at radius 3 is 2.65 bits per heavy atom. The van der Waals surface area contributed by atoms with Crippen LogP contribution in [0.1, 0.15) is 11.1 Å². The van der Waals surface area contributed by atoms with Gasteiger partial charge in [-0.15, -0.1) is 0 Å². The van der Waals surface area contributed by atoms with Crippen molar-refractivity contribution in [2.24, 2.45) is 7.05 Å². The monoisotopic (exact) mass is 393 g/mol. The molecule has 0 atom stereocenters. The summed E-state index contributed by atoms with van der Waals surface area (Å²) in [6, 6.07) is 11.0. The number of nitrogens with zero attached hydrogens (tertiary/aromatic N) is 4.